The van der Waals surface area contributed by atoms with E-state index in [2.05, 4.69) is 30.1 Å². The molecule has 2 heterocycles. The Labute approximate surface area is 157 Å². The Morgan fingerprint density at radius 3 is 2.77 bits per heavy atom. The van der Waals surface area contributed by atoms with Crippen molar-refractivity contribution in [3.63, 3.8) is 0 Å². The van der Waals surface area contributed by atoms with Crippen molar-refractivity contribution in [2.75, 3.05) is 13.1 Å². The van der Waals surface area contributed by atoms with E-state index in [-0.39, 0.29) is 12.0 Å². The van der Waals surface area contributed by atoms with Gasteiger partial charge in [0.25, 0.3) is 5.19 Å². The van der Waals surface area contributed by atoms with E-state index >= 15 is 0 Å². The van der Waals surface area contributed by atoms with Crippen LogP contribution in [0, 0.1) is 6.92 Å². The Morgan fingerprint density at radius 2 is 2.00 bits per heavy atom. The zero-order valence-corrected chi connectivity index (χ0v) is 15.7. The highest BCUT2D eigenvalue weighted by Gasteiger charge is 2.24. The number of rotatable bonds is 4. The third-order valence-corrected chi connectivity index (χ3v) is 5.70. The number of nitrogens with zero attached hydrogens (tertiary/aromatic N) is 2. The van der Waals surface area contributed by atoms with E-state index in [1.807, 2.05) is 35.2 Å². The quantitative estimate of drug-likeness (QED) is 0.694. The van der Waals surface area contributed by atoms with Crippen LogP contribution in [0.3, 0.4) is 0 Å². The molecule has 0 bridgehead atoms. The van der Waals surface area contributed by atoms with Crippen LogP contribution in [0.2, 0.25) is 0 Å². The third-order valence-electron chi connectivity index (χ3n) is 4.77. The molecule has 0 unspecified atom stereocenters. The first-order valence-corrected chi connectivity index (χ1v) is 9.84. The minimum absolute atomic E-state index is 0.138. The number of para-hydroxylation sites is 1. The van der Waals surface area contributed by atoms with Crippen LogP contribution in [0.4, 0.5) is 0 Å². The van der Waals surface area contributed by atoms with Gasteiger partial charge < -0.3 is 9.64 Å². The molecule has 1 aliphatic rings. The van der Waals surface area contributed by atoms with Crippen LogP contribution < -0.4 is 4.74 Å². The van der Waals surface area contributed by atoms with Crippen LogP contribution in [-0.4, -0.2) is 35.0 Å². The molecule has 134 valence electrons. The average molecular weight is 366 g/mol. The lowest BCUT2D eigenvalue weighted by Crippen LogP contribution is -2.42. The maximum absolute atomic E-state index is 12.5. The first-order chi connectivity index (χ1) is 12.7. The molecular weight excluding hydrogens is 344 g/mol. The number of fused-ring (bicyclic) bond motifs is 1. The van der Waals surface area contributed by atoms with Crippen molar-refractivity contribution in [3.8, 4) is 5.19 Å². The van der Waals surface area contributed by atoms with E-state index < -0.39 is 0 Å². The number of hydrogen-bond donors (Lipinski definition) is 0. The van der Waals surface area contributed by atoms with E-state index in [0.717, 1.165) is 46.9 Å². The number of ether oxygens (including phenoxy) is 1. The maximum atomic E-state index is 12.5. The summed E-state index contributed by atoms with van der Waals surface area (Å²) in [6, 6.07) is 16.2. The van der Waals surface area contributed by atoms with Crippen molar-refractivity contribution in [1.82, 2.24) is 9.88 Å². The number of likely N-dealkylation sites (tertiary alicyclic amines) is 1. The maximum Gasteiger partial charge on any atom is 0.274 e. The molecule has 0 spiro atoms. The first kappa shape index (κ1) is 17.0. The van der Waals surface area contributed by atoms with Crippen LogP contribution in [-0.2, 0) is 11.2 Å². The second kappa shape index (κ2) is 7.46. The molecule has 4 rings (SSSR count). The zero-order valence-electron chi connectivity index (χ0n) is 14.9. The lowest BCUT2D eigenvalue weighted by atomic mass is 10.0. The van der Waals surface area contributed by atoms with Gasteiger partial charge in [-0.2, -0.15) is 0 Å². The molecule has 5 heteroatoms. The van der Waals surface area contributed by atoms with Crippen LogP contribution in [0.15, 0.2) is 48.5 Å². The molecule has 1 amide bonds. The van der Waals surface area contributed by atoms with Crippen molar-refractivity contribution in [2.45, 2.75) is 32.3 Å². The Hall–Kier alpha value is -2.40. The molecule has 2 aromatic carbocycles. The first-order valence-electron chi connectivity index (χ1n) is 9.03. The molecule has 3 aromatic rings. The fourth-order valence-corrected chi connectivity index (χ4v) is 4.26. The molecule has 0 atom stereocenters. The number of carbonyl (C=O) groups is 1. The van der Waals surface area contributed by atoms with Gasteiger partial charge in [-0.3, -0.25) is 4.79 Å². The van der Waals surface area contributed by atoms with Gasteiger partial charge in [0.05, 0.1) is 16.6 Å². The van der Waals surface area contributed by atoms with Gasteiger partial charge in [-0.15, -0.1) is 0 Å². The van der Waals surface area contributed by atoms with Crippen LogP contribution >= 0.6 is 11.3 Å². The van der Waals surface area contributed by atoms with Crippen molar-refractivity contribution in [2.24, 2.45) is 0 Å². The number of carbonyl (C=O) groups excluding carboxylic acids is 1. The molecule has 1 fully saturated rings. The number of aryl methyl sites for hydroxylation is 1. The summed E-state index contributed by atoms with van der Waals surface area (Å²) in [4.78, 5) is 19.0. The molecule has 0 radical (unpaired) electrons. The molecule has 26 heavy (non-hydrogen) atoms. The van der Waals surface area contributed by atoms with E-state index in [9.17, 15) is 4.79 Å². The molecule has 0 aliphatic carbocycles. The summed E-state index contributed by atoms with van der Waals surface area (Å²) >= 11 is 1.59. The fourth-order valence-electron chi connectivity index (χ4n) is 3.38. The number of piperidine rings is 1. The van der Waals surface area contributed by atoms with Gasteiger partial charge in [0.2, 0.25) is 5.91 Å². The number of thiazole rings is 1. The van der Waals surface area contributed by atoms with Crippen molar-refractivity contribution >= 4 is 27.5 Å². The monoisotopic (exact) mass is 366 g/mol. The molecule has 1 aromatic heterocycles. The van der Waals surface area contributed by atoms with Crippen molar-refractivity contribution < 1.29 is 9.53 Å². The highest BCUT2D eigenvalue weighted by molar-refractivity contribution is 7.20. The summed E-state index contributed by atoms with van der Waals surface area (Å²) in [7, 11) is 0. The Morgan fingerprint density at radius 1 is 1.19 bits per heavy atom. The summed E-state index contributed by atoms with van der Waals surface area (Å²) in [5, 5.41) is 0.732. The molecule has 4 nitrogen and oxygen atoms in total. The Balaban J connectivity index is 1.31. The summed E-state index contributed by atoms with van der Waals surface area (Å²) in [5.41, 5.74) is 3.26. The summed E-state index contributed by atoms with van der Waals surface area (Å²) in [6.45, 7) is 3.55. The number of aromatic nitrogens is 1. The number of amides is 1. The fraction of sp³-hybridized carbons (Fsp3) is 0.333. The second-order valence-electron chi connectivity index (χ2n) is 6.81. The topological polar surface area (TPSA) is 42.4 Å². The number of benzene rings is 2. The van der Waals surface area contributed by atoms with Crippen molar-refractivity contribution in [3.05, 3.63) is 59.7 Å². The van der Waals surface area contributed by atoms with E-state index in [1.165, 1.54) is 5.56 Å². The normalized spacial score (nSPS) is 15.3. The van der Waals surface area contributed by atoms with Crippen LogP contribution in [0.1, 0.15) is 24.0 Å². The van der Waals surface area contributed by atoms with Gasteiger partial charge in [-0.05, 0) is 24.6 Å². The Bertz CT molecular complexity index is 880. The standard InChI is InChI=1S/C21H22N2O2S/c1-15-5-4-6-16(13-15)14-20(24)23-11-9-17(10-12-23)25-21-22-18-7-2-3-8-19(18)26-21/h2-8,13,17H,9-12,14H2,1H3. The zero-order chi connectivity index (χ0) is 17.9. The SMILES string of the molecule is Cc1cccc(CC(=O)N2CCC(Oc3nc4ccccc4s3)CC2)c1. The number of hydrogen-bond acceptors (Lipinski definition) is 4. The lowest BCUT2D eigenvalue weighted by molar-refractivity contribution is -0.132. The summed E-state index contributed by atoms with van der Waals surface area (Å²) < 4.78 is 7.22. The van der Waals surface area contributed by atoms with E-state index in [0.29, 0.717) is 6.42 Å². The predicted octanol–water partition coefficient (Wildman–Crippen LogP) is 4.22. The molecule has 1 saturated heterocycles. The van der Waals surface area contributed by atoms with E-state index in [1.54, 1.807) is 11.3 Å². The predicted molar refractivity (Wildman–Crippen MR) is 105 cm³/mol. The van der Waals surface area contributed by atoms with Gasteiger partial charge in [0.15, 0.2) is 0 Å². The minimum atomic E-state index is 0.138. The molecule has 1 aliphatic heterocycles. The van der Waals surface area contributed by atoms with Crippen molar-refractivity contribution in [1.29, 1.82) is 0 Å². The summed E-state index contributed by atoms with van der Waals surface area (Å²) in [5.74, 6) is 0.203. The van der Waals surface area contributed by atoms with Crippen LogP contribution in [0.5, 0.6) is 5.19 Å². The minimum Gasteiger partial charge on any atom is -0.467 e. The lowest BCUT2D eigenvalue weighted by Gasteiger charge is -2.31. The molecular formula is C21H22N2O2S. The Kier molecular flexibility index (Phi) is 4.89. The van der Waals surface area contributed by atoms with Gasteiger partial charge in [-0.25, -0.2) is 4.98 Å². The van der Waals surface area contributed by atoms with Gasteiger partial charge in [0.1, 0.15) is 6.10 Å². The highest BCUT2D eigenvalue weighted by Crippen LogP contribution is 2.29. The average Bonchev–Trinajstić information content (AvgIpc) is 3.04. The molecule has 0 saturated carbocycles. The third kappa shape index (κ3) is 3.88. The van der Waals surface area contributed by atoms with Crippen LogP contribution in [0.25, 0.3) is 10.2 Å². The second-order valence-corrected chi connectivity index (χ2v) is 7.80. The largest absolute Gasteiger partial charge is 0.467 e. The molecule has 0 N–H and O–H groups in total. The van der Waals surface area contributed by atoms with Gasteiger partial charge in [0, 0.05) is 25.9 Å². The smallest absolute Gasteiger partial charge is 0.274 e. The van der Waals surface area contributed by atoms with Gasteiger partial charge in [-0.1, -0.05) is 53.3 Å². The van der Waals surface area contributed by atoms with Gasteiger partial charge >= 0.3 is 0 Å². The highest BCUT2D eigenvalue weighted by atomic mass is 32.1. The summed E-state index contributed by atoms with van der Waals surface area (Å²) in [6.07, 6.45) is 2.33. The van der Waals surface area contributed by atoms with E-state index in [4.69, 9.17) is 4.74 Å².